The van der Waals surface area contributed by atoms with Crippen LogP contribution in [0.1, 0.15) is 5.56 Å². The maximum Gasteiger partial charge on any atom is 0.404 e. The number of hydrogen-bond donors (Lipinski definition) is 2. The summed E-state index contributed by atoms with van der Waals surface area (Å²) in [7, 11) is 0. The third kappa shape index (κ3) is 5.88. The van der Waals surface area contributed by atoms with E-state index in [1.165, 1.54) is 0 Å². The summed E-state index contributed by atoms with van der Waals surface area (Å²) in [6, 6.07) is 16.9. The van der Waals surface area contributed by atoms with Crippen molar-refractivity contribution < 1.29 is 24.1 Å². The Morgan fingerprint density at radius 3 is 2.22 bits per heavy atom. The molecule has 1 atom stereocenters. The summed E-state index contributed by atoms with van der Waals surface area (Å²) in [6.45, 7) is 0.149. The molecule has 0 spiro atoms. The molecule has 0 heterocycles. The van der Waals surface area contributed by atoms with Crippen LogP contribution in [0.5, 0.6) is 11.5 Å². The molecule has 3 N–H and O–H groups in total. The summed E-state index contributed by atoms with van der Waals surface area (Å²) in [6.07, 6.45) is -1.90. The minimum atomic E-state index is -0.968. The maximum atomic E-state index is 10.5. The van der Waals surface area contributed by atoms with Crippen molar-refractivity contribution in [3.05, 3.63) is 60.2 Å². The number of amides is 1. The van der Waals surface area contributed by atoms with Crippen LogP contribution in [0.25, 0.3) is 0 Å². The van der Waals surface area contributed by atoms with E-state index in [4.69, 9.17) is 15.2 Å². The number of rotatable bonds is 8. The number of benzene rings is 2. The van der Waals surface area contributed by atoms with Crippen molar-refractivity contribution in [1.82, 2.24) is 0 Å². The molecule has 0 aliphatic carbocycles. The minimum absolute atomic E-state index is 0.0427. The molecule has 0 radical (unpaired) electrons. The third-order valence-corrected chi connectivity index (χ3v) is 2.94. The molecule has 0 bridgehead atoms. The predicted molar refractivity (Wildman–Crippen MR) is 84.3 cm³/mol. The SMILES string of the molecule is NC(=O)OC[C@H](O)COc1ccccc1OCc1ccccc1. The fraction of sp³-hybridized carbons (Fsp3) is 0.235. The number of nitrogens with two attached hydrogens (primary N) is 1. The molecule has 0 saturated carbocycles. The zero-order chi connectivity index (χ0) is 16.5. The molecule has 2 aromatic rings. The number of hydrogen-bond acceptors (Lipinski definition) is 5. The van der Waals surface area contributed by atoms with Gasteiger partial charge in [-0.3, -0.25) is 0 Å². The molecular formula is C17H19NO5. The Hall–Kier alpha value is -2.73. The van der Waals surface area contributed by atoms with Crippen LogP contribution in [-0.2, 0) is 11.3 Å². The van der Waals surface area contributed by atoms with E-state index < -0.39 is 12.2 Å². The monoisotopic (exact) mass is 317 g/mol. The van der Waals surface area contributed by atoms with Crippen molar-refractivity contribution >= 4 is 6.09 Å². The summed E-state index contributed by atoms with van der Waals surface area (Å²) in [5, 5.41) is 9.66. The van der Waals surface area contributed by atoms with Gasteiger partial charge in [0.1, 0.15) is 25.9 Å². The Morgan fingerprint density at radius 2 is 1.57 bits per heavy atom. The number of aliphatic hydroxyl groups excluding tert-OH is 1. The summed E-state index contributed by atoms with van der Waals surface area (Å²) >= 11 is 0. The Balaban J connectivity index is 1.88. The highest BCUT2D eigenvalue weighted by Crippen LogP contribution is 2.27. The van der Waals surface area contributed by atoms with Crippen LogP contribution in [0, 0.1) is 0 Å². The van der Waals surface area contributed by atoms with E-state index >= 15 is 0 Å². The zero-order valence-corrected chi connectivity index (χ0v) is 12.6. The molecule has 0 fully saturated rings. The van der Waals surface area contributed by atoms with Crippen molar-refractivity contribution in [3.8, 4) is 11.5 Å². The number of carbonyl (C=O) groups is 1. The van der Waals surface area contributed by atoms with Gasteiger partial charge in [0.25, 0.3) is 0 Å². The Bertz CT molecular complexity index is 617. The van der Waals surface area contributed by atoms with Crippen molar-refractivity contribution in [3.63, 3.8) is 0 Å². The molecule has 0 aliphatic heterocycles. The van der Waals surface area contributed by atoms with E-state index in [-0.39, 0.29) is 13.2 Å². The van der Waals surface area contributed by atoms with Gasteiger partial charge in [0.2, 0.25) is 0 Å². The molecular weight excluding hydrogens is 298 g/mol. The van der Waals surface area contributed by atoms with Crippen molar-refractivity contribution in [2.24, 2.45) is 5.73 Å². The maximum absolute atomic E-state index is 10.5. The Labute approximate surface area is 134 Å². The molecule has 23 heavy (non-hydrogen) atoms. The highest BCUT2D eigenvalue weighted by atomic mass is 16.6. The first-order chi connectivity index (χ1) is 11.1. The van der Waals surface area contributed by atoms with Crippen LogP contribution < -0.4 is 15.2 Å². The average Bonchev–Trinajstić information content (AvgIpc) is 2.58. The molecule has 0 unspecified atom stereocenters. The Kier molecular flexibility index (Phi) is 6.26. The van der Waals surface area contributed by atoms with Gasteiger partial charge in [-0.1, -0.05) is 42.5 Å². The summed E-state index contributed by atoms with van der Waals surface area (Å²) in [4.78, 5) is 10.5. The molecule has 0 saturated heterocycles. The van der Waals surface area contributed by atoms with Crippen LogP contribution >= 0.6 is 0 Å². The van der Waals surface area contributed by atoms with Crippen molar-refractivity contribution in [2.75, 3.05) is 13.2 Å². The first-order valence-corrected chi connectivity index (χ1v) is 7.14. The summed E-state index contributed by atoms with van der Waals surface area (Å²) in [5.41, 5.74) is 5.87. The van der Waals surface area contributed by atoms with E-state index in [2.05, 4.69) is 4.74 Å². The average molecular weight is 317 g/mol. The lowest BCUT2D eigenvalue weighted by molar-refractivity contribution is 0.0410. The second-order valence-corrected chi connectivity index (χ2v) is 4.82. The topological polar surface area (TPSA) is 91.0 Å². The van der Waals surface area contributed by atoms with E-state index in [1.54, 1.807) is 18.2 Å². The van der Waals surface area contributed by atoms with Gasteiger partial charge < -0.3 is 25.1 Å². The van der Waals surface area contributed by atoms with E-state index in [0.717, 1.165) is 5.56 Å². The number of ether oxygens (including phenoxy) is 3. The fourth-order valence-corrected chi connectivity index (χ4v) is 1.84. The van der Waals surface area contributed by atoms with Crippen LogP contribution in [0.4, 0.5) is 4.79 Å². The van der Waals surface area contributed by atoms with Gasteiger partial charge in [0, 0.05) is 0 Å². The smallest absolute Gasteiger partial charge is 0.404 e. The van der Waals surface area contributed by atoms with Gasteiger partial charge in [0.05, 0.1) is 0 Å². The van der Waals surface area contributed by atoms with Crippen LogP contribution in [0.15, 0.2) is 54.6 Å². The van der Waals surface area contributed by atoms with E-state index in [1.807, 2.05) is 36.4 Å². The van der Waals surface area contributed by atoms with Crippen LogP contribution in [0.3, 0.4) is 0 Å². The standard InChI is InChI=1S/C17H19NO5/c18-17(20)23-12-14(19)11-22-16-9-5-4-8-15(16)21-10-13-6-2-1-3-7-13/h1-9,14,19H,10-12H2,(H2,18,20)/t14-/m1/s1. The van der Waals surface area contributed by atoms with E-state index in [9.17, 15) is 9.90 Å². The predicted octanol–water partition coefficient (Wildman–Crippen LogP) is 2.10. The van der Waals surface area contributed by atoms with Crippen molar-refractivity contribution in [1.29, 1.82) is 0 Å². The van der Waals surface area contributed by atoms with Crippen LogP contribution in [0.2, 0.25) is 0 Å². The molecule has 0 aliphatic rings. The summed E-state index contributed by atoms with van der Waals surface area (Å²) in [5.74, 6) is 1.07. The van der Waals surface area contributed by atoms with Gasteiger partial charge >= 0.3 is 6.09 Å². The second kappa shape index (κ2) is 8.65. The van der Waals surface area contributed by atoms with Crippen LogP contribution in [-0.4, -0.2) is 30.5 Å². The van der Waals surface area contributed by atoms with Gasteiger partial charge in [0.15, 0.2) is 11.5 Å². The van der Waals surface area contributed by atoms with Gasteiger partial charge in [-0.05, 0) is 17.7 Å². The lowest BCUT2D eigenvalue weighted by Crippen LogP contribution is -2.27. The molecule has 0 aromatic heterocycles. The van der Waals surface area contributed by atoms with Gasteiger partial charge in [-0.2, -0.15) is 0 Å². The van der Waals surface area contributed by atoms with Gasteiger partial charge in [-0.15, -0.1) is 0 Å². The highest BCUT2D eigenvalue weighted by molar-refractivity contribution is 5.64. The summed E-state index contributed by atoms with van der Waals surface area (Å²) < 4.78 is 15.8. The number of carbonyl (C=O) groups excluding carboxylic acids is 1. The number of primary amides is 1. The van der Waals surface area contributed by atoms with Gasteiger partial charge in [-0.25, -0.2) is 4.79 Å². The molecule has 122 valence electrons. The third-order valence-electron chi connectivity index (χ3n) is 2.94. The molecule has 6 heteroatoms. The normalized spacial score (nSPS) is 11.5. The van der Waals surface area contributed by atoms with E-state index in [0.29, 0.717) is 18.1 Å². The Morgan fingerprint density at radius 1 is 0.957 bits per heavy atom. The quantitative estimate of drug-likeness (QED) is 0.778. The molecule has 2 aromatic carbocycles. The molecule has 6 nitrogen and oxygen atoms in total. The number of aliphatic hydroxyl groups is 1. The van der Waals surface area contributed by atoms with Crippen molar-refractivity contribution in [2.45, 2.75) is 12.7 Å². The molecule has 1 amide bonds. The second-order valence-electron chi connectivity index (χ2n) is 4.82. The number of para-hydroxylation sites is 2. The molecule has 2 rings (SSSR count). The lowest BCUT2D eigenvalue weighted by atomic mass is 10.2. The first kappa shape index (κ1) is 16.6. The highest BCUT2D eigenvalue weighted by Gasteiger charge is 2.10. The first-order valence-electron chi connectivity index (χ1n) is 7.14. The fourth-order valence-electron chi connectivity index (χ4n) is 1.84. The zero-order valence-electron chi connectivity index (χ0n) is 12.6. The largest absolute Gasteiger partial charge is 0.487 e. The minimum Gasteiger partial charge on any atom is -0.487 e. The lowest BCUT2D eigenvalue weighted by Gasteiger charge is -2.15.